The number of phenols is 1. The molecule has 0 heterocycles. The topological polar surface area (TPSA) is 43.7 Å². The molecule has 1 saturated carbocycles. The van der Waals surface area contributed by atoms with Crippen molar-refractivity contribution in [3.63, 3.8) is 0 Å². The molecule has 0 aromatic heterocycles. The number of hydrogen-bond acceptors (Lipinski definition) is 3. The van der Waals surface area contributed by atoms with Gasteiger partial charge >= 0.3 is 0 Å². The Morgan fingerprint density at radius 2 is 1.58 bits per heavy atom. The molecular weight excluding hydrogens is 298 g/mol. The molecule has 2 aromatic rings. The molecule has 3 heteroatoms. The first-order valence-electron chi connectivity index (χ1n) is 8.94. The number of phenolic OH excluding ortho intramolecular Hbond substituents is 1. The van der Waals surface area contributed by atoms with Crippen molar-refractivity contribution in [1.82, 2.24) is 4.90 Å². The van der Waals surface area contributed by atoms with Crippen LogP contribution >= 0.6 is 0 Å². The third-order valence-electron chi connectivity index (χ3n) is 5.01. The summed E-state index contributed by atoms with van der Waals surface area (Å²) in [5.41, 5.74) is 2.50. The highest BCUT2D eigenvalue weighted by Gasteiger charge is 2.24. The number of nitrogens with zero attached hydrogens (tertiary/aromatic N) is 1. The Labute approximate surface area is 144 Å². The van der Waals surface area contributed by atoms with Crippen LogP contribution < -0.4 is 0 Å². The first-order chi connectivity index (χ1) is 11.7. The van der Waals surface area contributed by atoms with E-state index in [0.29, 0.717) is 11.8 Å². The summed E-state index contributed by atoms with van der Waals surface area (Å²) in [5, 5.41) is 19.5. The van der Waals surface area contributed by atoms with E-state index in [-0.39, 0.29) is 6.10 Å². The molecule has 1 fully saturated rings. The average Bonchev–Trinajstić information content (AvgIpc) is 2.60. The first kappa shape index (κ1) is 17.0. The zero-order valence-corrected chi connectivity index (χ0v) is 14.1. The van der Waals surface area contributed by atoms with Gasteiger partial charge in [-0.3, -0.25) is 4.90 Å². The van der Waals surface area contributed by atoms with E-state index in [1.807, 2.05) is 12.1 Å². The lowest BCUT2D eigenvalue weighted by atomic mass is 9.91. The summed E-state index contributed by atoms with van der Waals surface area (Å²) in [5.74, 6) is 0.328. The van der Waals surface area contributed by atoms with Crippen molar-refractivity contribution in [2.45, 2.75) is 50.8 Å². The van der Waals surface area contributed by atoms with Crippen molar-refractivity contribution in [3.8, 4) is 5.75 Å². The minimum absolute atomic E-state index is 0.127. The van der Waals surface area contributed by atoms with Gasteiger partial charge in [-0.05, 0) is 55.4 Å². The van der Waals surface area contributed by atoms with Crippen molar-refractivity contribution in [2.24, 2.45) is 0 Å². The van der Waals surface area contributed by atoms with Crippen molar-refractivity contribution in [1.29, 1.82) is 0 Å². The molecule has 0 spiro atoms. The minimum atomic E-state index is -0.127. The van der Waals surface area contributed by atoms with E-state index in [0.717, 1.165) is 50.8 Å². The molecule has 0 aliphatic heterocycles. The lowest BCUT2D eigenvalue weighted by molar-refractivity contribution is 0.0707. The monoisotopic (exact) mass is 325 g/mol. The summed E-state index contributed by atoms with van der Waals surface area (Å²) >= 11 is 0. The summed E-state index contributed by atoms with van der Waals surface area (Å²) in [6.07, 6.45) is 4.79. The van der Waals surface area contributed by atoms with Crippen LogP contribution in [0.2, 0.25) is 0 Å². The minimum Gasteiger partial charge on any atom is -0.508 e. The fourth-order valence-corrected chi connectivity index (χ4v) is 3.62. The van der Waals surface area contributed by atoms with E-state index in [1.54, 1.807) is 6.07 Å². The highest BCUT2D eigenvalue weighted by Crippen LogP contribution is 2.25. The maximum absolute atomic E-state index is 9.79. The fraction of sp³-hybridized carbons (Fsp3) is 0.429. The SMILES string of the molecule is Oc1cccc(CN(CCc2ccccc2)C2CCC(O)CC2)c1. The van der Waals surface area contributed by atoms with E-state index >= 15 is 0 Å². The van der Waals surface area contributed by atoms with Gasteiger partial charge in [-0.1, -0.05) is 42.5 Å². The van der Waals surface area contributed by atoms with E-state index in [2.05, 4.69) is 41.3 Å². The molecule has 128 valence electrons. The molecule has 1 aliphatic carbocycles. The summed E-state index contributed by atoms with van der Waals surface area (Å²) < 4.78 is 0. The van der Waals surface area contributed by atoms with Crippen LogP contribution in [0, 0.1) is 0 Å². The molecule has 0 atom stereocenters. The van der Waals surface area contributed by atoms with Gasteiger partial charge in [0.1, 0.15) is 5.75 Å². The molecule has 1 aliphatic rings. The molecule has 0 saturated heterocycles. The van der Waals surface area contributed by atoms with Crippen LogP contribution in [0.1, 0.15) is 36.8 Å². The van der Waals surface area contributed by atoms with Gasteiger partial charge in [0.05, 0.1) is 6.10 Å². The van der Waals surface area contributed by atoms with Gasteiger partial charge in [-0.25, -0.2) is 0 Å². The Kier molecular flexibility index (Phi) is 5.89. The van der Waals surface area contributed by atoms with Gasteiger partial charge in [0.15, 0.2) is 0 Å². The van der Waals surface area contributed by atoms with Crippen molar-refractivity contribution in [3.05, 3.63) is 65.7 Å². The smallest absolute Gasteiger partial charge is 0.115 e. The first-order valence-corrected chi connectivity index (χ1v) is 8.94. The molecule has 0 radical (unpaired) electrons. The molecular formula is C21H27NO2. The van der Waals surface area contributed by atoms with Gasteiger partial charge in [0.2, 0.25) is 0 Å². The summed E-state index contributed by atoms with van der Waals surface area (Å²) in [6, 6.07) is 18.7. The van der Waals surface area contributed by atoms with E-state index in [1.165, 1.54) is 5.56 Å². The van der Waals surface area contributed by atoms with Crippen LogP contribution in [0.4, 0.5) is 0 Å². The van der Waals surface area contributed by atoms with Crippen molar-refractivity contribution >= 4 is 0 Å². The molecule has 2 N–H and O–H groups in total. The largest absolute Gasteiger partial charge is 0.508 e. The Balaban J connectivity index is 1.68. The fourth-order valence-electron chi connectivity index (χ4n) is 3.62. The Hall–Kier alpha value is -1.84. The Morgan fingerprint density at radius 1 is 0.875 bits per heavy atom. The third-order valence-corrected chi connectivity index (χ3v) is 5.01. The maximum Gasteiger partial charge on any atom is 0.115 e. The van der Waals surface area contributed by atoms with Gasteiger partial charge in [0, 0.05) is 19.1 Å². The van der Waals surface area contributed by atoms with Gasteiger partial charge in [-0.2, -0.15) is 0 Å². The molecule has 3 rings (SSSR count). The van der Waals surface area contributed by atoms with Crippen LogP contribution in [-0.4, -0.2) is 33.8 Å². The number of aliphatic hydroxyl groups is 1. The lowest BCUT2D eigenvalue weighted by Gasteiger charge is -2.36. The van der Waals surface area contributed by atoms with Crippen molar-refractivity contribution in [2.75, 3.05) is 6.54 Å². The molecule has 24 heavy (non-hydrogen) atoms. The Morgan fingerprint density at radius 3 is 2.29 bits per heavy atom. The predicted octanol–water partition coefficient (Wildman–Crippen LogP) is 3.74. The normalized spacial score (nSPS) is 21.1. The second-order valence-electron chi connectivity index (χ2n) is 6.84. The molecule has 3 nitrogen and oxygen atoms in total. The number of rotatable bonds is 6. The van der Waals surface area contributed by atoms with Crippen LogP contribution in [0.25, 0.3) is 0 Å². The van der Waals surface area contributed by atoms with E-state index < -0.39 is 0 Å². The zero-order chi connectivity index (χ0) is 16.8. The summed E-state index contributed by atoms with van der Waals surface area (Å²) in [7, 11) is 0. The number of hydrogen-bond donors (Lipinski definition) is 2. The third kappa shape index (κ3) is 4.83. The highest BCUT2D eigenvalue weighted by molar-refractivity contribution is 5.27. The standard InChI is InChI=1S/C21H27NO2/c23-20-11-9-19(10-12-20)22(14-13-17-5-2-1-3-6-17)16-18-7-4-8-21(24)15-18/h1-8,15,19-20,23-24H,9-14,16H2. The van der Waals surface area contributed by atoms with Crippen molar-refractivity contribution < 1.29 is 10.2 Å². The molecule has 0 unspecified atom stereocenters. The molecule has 0 bridgehead atoms. The predicted molar refractivity (Wildman–Crippen MR) is 96.9 cm³/mol. The highest BCUT2D eigenvalue weighted by atomic mass is 16.3. The Bertz CT molecular complexity index is 621. The second-order valence-corrected chi connectivity index (χ2v) is 6.84. The van der Waals surface area contributed by atoms with Crippen LogP contribution in [-0.2, 0) is 13.0 Å². The number of benzene rings is 2. The average molecular weight is 325 g/mol. The van der Waals surface area contributed by atoms with E-state index in [9.17, 15) is 10.2 Å². The summed E-state index contributed by atoms with van der Waals surface area (Å²) in [6.45, 7) is 1.85. The second kappa shape index (κ2) is 8.32. The summed E-state index contributed by atoms with van der Waals surface area (Å²) in [4.78, 5) is 2.52. The van der Waals surface area contributed by atoms with Gasteiger partial charge < -0.3 is 10.2 Å². The molecule has 0 amide bonds. The van der Waals surface area contributed by atoms with E-state index in [4.69, 9.17) is 0 Å². The lowest BCUT2D eigenvalue weighted by Crippen LogP contribution is -2.39. The van der Waals surface area contributed by atoms with Crippen LogP contribution in [0.15, 0.2) is 54.6 Å². The van der Waals surface area contributed by atoms with Crippen LogP contribution in [0.5, 0.6) is 5.75 Å². The van der Waals surface area contributed by atoms with Gasteiger partial charge in [-0.15, -0.1) is 0 Å². The quantitative estimate of drug-likeness (QED) is 0.850. The number of aromatic hydroxyl groups is 1. The maximum atomic E-state index is 9.79. The van der Waals surface area contributed by atoms with Gasteiger partial charge in [0.25, 0.3) is 0 Å². The number of aliphatic hydroxyl groups excluding tert-OH is 1. The molecule has 2 aromatic carbocycles. The van der Waals surface area contributed by atoms with Crippen LogP contribution in [0.3, 0.4) is 0 Å². The zero-order valence-electron chi connectivity index (χ0n) is 14.1.